The lowest BCUT2D eigenvalue weighted by molar-refractivity contribution is -0.129. The van der Waals surface area contributed by atoms with Crippen molar-refractivity contribution in [2.75, 3.05) is 24.6 Å². The summed E-state index contributed by atoms with van der Waals surface area (Å²) in [5, 5.41) is 9.41. The topological polar surface area (TPSA) is 75.8 Å². The molecule has 1 aliphatic heterocycles. The fourth-order valence-corrected chi connectivity index (χ4v) is 1.90. The minimum Gasteiger partial charge on any atom is -0.508 e. The summed E-state index contributed by atoms with van der Waals surface area (Å²) in [5.41, 5.74) is 6.17. The zero-order chi connectivity index (χ0) is 12.3. The lowest BCUT2D eigenvalue weighted by atomic mass is 10.1. The number of nitrogens with two attached hydrogens (primary N) is 1. The Kier molecular flexibility index (Phi) is 3.61. The van der Waals surface area contributed by atoms with Crippen molar-refractivity contribution in [2.24, 2.45) is 5.73 Å². The van der Waals surface area contributed by atoms with Crippen molar-refractivity contribution in [1.82, 2.24) is 0 Å². The molecular weight excluding hydrogens is 220 g/mol. The van der Waals surface area contributed by atoms with Crippen LogP contribution in [0.25, 0.3) is 0 Å². The standard InChI is InChI=1S/C12H16N2O3/c13-5-4-11-7-14(12(16)8-17-11)9-2-1-3-10(15)6-9/h1-3,6,11,15H,4-5,7-8,13H2. The van der Waals surface area contributed by atoms with Gasteiger partial charge in [-0.15, -0.1) is 0 Å². The molecule has 5 nitrogen and oxygen atoms in total. The average molecular weight is 236 g/mol. The van der Waals surface area contributed by atoms with Crippen molar-refractivity contribution in [1.29, 1.82) is 0 Å². The molecule has 0 bridgehead atoms. The van der Waals surface area contributed by atoms with Crippen LogP contribution in [-0.2, 0) is 9.53 Å². The first-order chi connectivity index (χ1) is 8.20. The molecule has 0 radical (unpaired) electrons. The number of aromatic hydroxyl groups is 1. The number of amides is 1. The number of ether oxygens (including phenoxy) is 1. The smallest absolute Gasteiger partial charge is 0.253 e. The number of morpholine rings is 1. The van der Waals surface area contributed by atoms with E-state index in [0.717, 1.165) is 6.42 Å². The highest BCUT2D eigenvalue weighted by molar-refractivity contribution is 5.95. The highest BCUT2D eigenvalue weighted by Gasteiger charge is 2.26. The molecule has 1 atom stereocenters. The molecule has 5 heteroatoms. The Bertz CT molecular complexity index is 408. The third kappa shape index (κ3) is 2.75. The van der Waals surface area contributed by atoms with Gasteiger partial charge >= 0.3 is 0 Å². The third-order valence-corrected chi connectivity index (χ3v) is 2.76. The van der Waals surface area contributed by atoms with E-state index in [9.17, 15) is 9.90 Å². The van der Waals surface area contributed by atoms with E-state index in [1.807, 2.05) is 0 Å². The number of rotatable bonds is 3. The minimum atomic E-state index is -0.0936. The van der Waals surface area contributed by atoms with Crippen LogP contribution in [-0.4, -0.2) is 36.8 Å². The van der Waals surface area contributed by atoms with Crippen LogP contribution in [0.5, 0.6) is 5.75 Å². The van der Waals surface area contributed by atoms with Gasteiger partial charge < -0.3 is 20.5 Å². The molecule has 0 aliphatic carbocycles. The summed E-state index contributed by atoms with van der Waals surface area (Å²) in [5.74, 6) is 0.0565. The molecule has 1 amide bonds. The molecule has 0 saturated carbocycles. The molecule has 1 fully saturated rings. The Labute approximate surface area is 99.8 Å². The number of benzene rings is 1. The van der Waals surface area contributed by atoms with Gasteiger partial charge in [0.05, 0.1) is 12.6 Å². The van der Waals surface area contributed by atoms with Gasteiger partial charge in [-0.1, -0.05) is 6.07 Å². The van der Waals surface area contributed by atoms with Crippen LogP contribution in [0.15, 0.2) is 24.3 Å². The molecule has 17 heavy (non-hydrogen) atoms. The second-order valence-corrected chi connectivity index (χ2v) is 4.03. The number of phenolic OH excluding ortho intramolecular Hbond substituents is 1. The number of nitrogens with zero attached hydrogens (tertiary/aromatic N) is 1. The van der Waals surface area contributed by atoms with Gasteiger partial charge in [0.2, 0.25) is 0 Å². The van der Waals surface area contributed by atoms with Crippen LogP contribution in [0.1, 0.15) is 6.42 Å². The SMILES string of the molecule is NCCC1CN(c2cccc(O)c2)C(=O)CO1. The number of carbonyl (C=O) groups is 1. The van der Waals surface area contributed by atoms with Crippen molar-refractivity contribution in [3.8, 4) is 5.75 Å². The van der Waals surface area contributed by atoms with Crippen LogP contribution >= 0.6 is 0 Å². The number of hydrogen-bond donors (Lipinski definition) is 2. The first-order valence-corrected chi connectivity index (χ1v) is 5.62. The summed E-state index contributed by atoms with van der Waals surface area (Å²) in [6.07, 6.45) is 0.697. The molecule has 2 rings (SSSR count). The van der Waals surface area contributed by atoms with Crippen LogP contribution in [0.3, 0.4) is 0 Å². The van der Waals surface area contributed by atoms with Crippen molar-refractivity contribution in [3.05, 3.63) is 24.3 Å². The molecule has 1 heterocycles. The predicted octanol–water partition coefficient (Wildman–Crippen LogP) is 0.473. The van der Waals surface area contributed by atoms with Crippen molar-refractivity contribution in [2.45, 2.75) is 12.5 Å². The Morgan fingerprint density at radius 1 is 1.53 bits per heavy atom. The van der Waals surface area contributed by atoms with Gasteiger partial charge in [0, 0.05) is 11.8 Å². The van der Waals surface area contributed by atoms with Crippen LogP contribution in [0.4, 0.5) is 5.69 Å². The summed E-state index contributed by atoms with van der Waals surface area (Å²) < 4.78 is 5.38. The van der Waals surface area contributed by atoms with E-state index in [1.165, 1.54) is 0 Å². The molecule has 92 valence electrons. The van der Waals surface area contributed by atoms with E-state index in [0.29, 0.717) is 18.8 Å². The van der Waals surface area contributed by atoms with Crippen LogP contribution in [0.2, 0.25) is 0 Å². The highest BCUT2D eigenvalue weighted by atomic mass is 16.5. The number of carbonyl (C=O) groups excluding carboxylic acids is 1. The van der Waals surface area contributed by atoms with Crippen LogP contribution in [0, 0.1) is 0 Å². The average Bonchev–Trinajstić information content (AvgIpc) is 2.32. The molecule has 0 aromatic heterocycles. The quantitative estimate of drug-likeness (QED) is 0.800. The molecule has 1 aromatic rings. The van der Waals surface area contributed by atoms with Crippen molar-refractivity contribution >= 4 is 11.6 Å². The third-order valence-electron chi connectivity index (χ3n) is 2.76. The second-order valence-electron chi connectivity index (χ2n) is 4.03. The van der Waals surface area contributed by atoms with E-state index in [4.69, 9.17) is 10.5 Å². The van der Waals surface area contributed by atoms with Crippen LogP contribution < -0.4 is 10.6 Å². The molecular formula is C12H16N2O3. The summed E-state index contributed by atoms with van der Waals surface area (Å²) in [6.45, 7) is 1.09. The van der Waals surface area contributed by atoms with Gasteiger partial charge in [0.15, 0.2) is 0 Å². The molecule has 3 N–H and O–H groups in total. The summed E-state index contributed by atoms with van der Waals surface area (Å²) >= 11 is 0. The van der Waals surface area contributed by atoms with Crippen molar-refractivity contribution in [3.63, 3.8) is 0 Å². The molecule has 1 aromatic carbocycles. The Hall–Kier alpha value is -1.59. The first kappa shape index (κ1) is 11.9. The van der Waals surface area contributed by atoms with E-state index in [1.54, 1.807) is 29.2 Å². The van der Waals surface area contributed by atoms with E-state index >= 15 is 0 Å². The van der Waals surface area contributed by atoms with Gasteiger partial charge in [-0.05, 0) is 25.1 Å². The Balaban J connectivity index is 2.15. The maximum atomic E-state index is 11.7. The Morgan fingerprint density at radius 2 is 2.35 bits per heavy atom. The molecule has 1 unspecified atom stereocenters. The van der Waals surface area contributed by atoms with E-state index < -0.39 is 0 Å². The molecule has 1 saturated heterocycles. The lowest BCUT2D eigenvalue weighted by Gasteiger charge is -2.32. The maximum absolute atomic E-state index is 11.7. The van der Waals surface area contributed by atoms with Gasteiger partial charge in [-0.3, -0.25) is 4.79 Å². The fraction of sp³-hybridized carbons (Fsp3) is 0.417. The van der Waals surface area contributed by atoms with E-state index in [2.05, 4.69) is 0 Å². The lowest BCUT2D eigenvalue weighted by Crippen LogP contribution is -2.47. The van der Waals surface area contributed by atoms with Crippen molar-refractivity contribution < 1.29 is 14.6 Å². The zero-order valence-electron chi connectivity index (χ0n) is 9.50. The number of hydrogen-bond acceptors (Lipinski definition) is 4. The van der Waals surface area contributed by atoms with Gasteiger partial charge in [0.25, 0.3) is 5.91 Å². The van der Waals surface area contributed by atoms with E-state index in [-0.39, 0.29) is 24.4 Å². The molecule has 1 aliphatic rings. The Morgan fingerprint density at radius 3 is 3.06 bits per heavy atom. The number of phenols is 1. The predicted molar refractivity (Wildman–Crippen MR) is 63.9 cm³/mol. The fourth-order valence-electron chi connectivity index (χ4n) is 1.90. The van der Waals surface area contributed by atoms with Gasteiger partial charge in [-0.2, -0.15) is 0 Å². The molecule has 0 spiro atoms. The summed E-state index contributed by atoms with van der Waals surface area (Å²) in [4.78, 5) is 13.4. The summed E-state index contributed by atoms with van der Waals surface area (Å²) in [7, 11) is 0. The normalized spacial score (nSPS) is 20.6. The zero-order valence-corrected chi connectivity index (χ0v) is 9.50. The largest absolute Gasteiger partial charge is 0.508 e. The monoisotopic (exact) mass is 236 g/mol. The maximum Gasteiger partial charge on any atom is 0.253 e. The first-order valence-electron chi connectivity index (χ1n) is 5.62. The highest BCUT2D eigenvalue weighted by Crippen LogP contribution is 2.23. The van der Waals surface area contributed by atoms with Gasteiger partial charge in [-0.25, -0.2) is 0 Å². The summed E-state index contributed by atoms with van der Waals surface area (Å²) in [6, 6.07) is 6.66. The minimum absolute atomic E-state index is 0.0277. The second kappa shape index (κ2) is 5.16. The van der Waals surface area contributed by atoms with Gasteiger partial charge in [0.1, 0.15) is 12.4 Å². The number of anilines is 1.